The van der Waals surface area contributed by atoms with Gasteiger partial charge in [-0.05, 0) is 33.3 Å². The molecule has 0 spiro atoms. The van der Waals surface area contributed by atoms with Crippen LogP contribution in [0.2, 0.25) is 0 Å². The van der Waals surface area contributed by atoms with Crippen molar-refractivity contribution in [1.29, 1.82) is 0 Å². The Bertz CT molecular complexity index is 944. The molecule has 0 radical (unpaired) electrons. The van der Waals surface area contributed by atoms with Crippen LogP contribution in [0.4, 0.5) is 0 Å². The highest BCUT2D eigenvalue weighted by Gasteiger charge is 2.35. The second-order valence-electron chi connectivity index (χ2n) is 9.34. The quantitative estimate of drug-likeness (QED) is 0.379. The van der Waals surface area contributed by atoms with E-state index in [0.29, 0.717) is 6.16 Å². The van der Waals surface area contributed by atoms with Gasteiger partial charge in [-0.25, -0.2) is 0 Å². The molecule has 0 heterocycles. The lowest BCUT2D eigenvalue weighted by Gasteiger charge is -2.35. The van der Waals surface area contributed by atoms with Gasteiger partial charge < -0.3 is 9.88 Å². The van der Waals surface area contributed by atoms with Gasteiger partial charge in [-0.1, -0.05) is 91.0 Å². The average molecular weight is 452 g/mol. The minimum absolute atomic E-state index is 0.0661. The van der Waals surface area contributed by atoms with Crippen molar-refractivity contribution < 1.29 is 4.57 Å². The number of hydrogen-bond donors (Lipinski definition) is 1. The molecule has 0 saturated carbocycles. The van der Waals surface area contributed by atoms with E-state index in [1.807, 2.05) is 72.4 Å². The van der Waals surface area contributed by atoms with Crippen molar-refractivity contribution in [3.8, 4) is 0 Å². The summed E-state index contributed by atoms with van der Waals surface area (Å²) in [5.74, 6) is 0.989. The van der Waals surface area contributed by atoms with E-state index in [1.54, 1.807) is 0 Å². The largest absolute Gasteiger partial charge is 0.314 e. The first-order valence-corrected chi connectivity index (χ1v) is 13.7. The third kappa shape index (κ3) is 6.84. The fourth-order valence-electron chi connectivity index (χ4n) is 3.64. The zero-order chi connectivity index (χ0) is 22.4. The van der Waals surface area contributed by atoms with Gasteiger partial charge in [0, 0.05) is 39.4 Å². The van der Waals surface area contributed by atoms with E-state index in [-0.39, 0.29) is 10.3 Å². The molecule has 0 aliphatic rings. The van der Waals surface area contributed by atoms with E-state index < -0.39 is 7.14 Å². The molecule has 2 nitrogen and oxygen atoms in total. The lowest BCUT2D eigenvalue weighted by Crippen LogP contribution is -2.49. The molecule has 0 amide bonds. The molecule has 4 heteroatoms. The SMILES string of the molecule is CC(C)(CP(=O)(c1ccccc1)c1ccccc1)NCC(C)(C)SCc1ccccc1. The molecule has 0 fully saturated rings. The fraction of sp³-hybridized carbons (Fsp3) is 0.333. The van der Waals surface area contributed by atoms with Crippen LogP contribution in [-0.4, -0.2) is 23.0 Å². The highest BCUT2D eigenvalue weighted by molar-refractivity contribution is 7.99. The maximum absolute atomic E-state index is 14.4. The van der Waals surface area contributed by atoms with E-state index in [4.69, 9.17) is 0 Å². The third-order valence-electron chi connectivity index (χ3n) is 5.43. The Kier molecular flexibility index (Phi) is 7.86. The average Bonchev–Trinajstić information content (AvgIpc) is 2.78. The summed E-state index contributed by atoms with van der Waals surface area (Å²) in [6, 6.07) is 30.5. The summed E-state index contributed by atoms with van der Waals surface area (Å²) < 4.78 is 14.5. The molecule has 3 aromatic rings. The molecular weight excluding hydrogens is 417 g/mol. The van der Waals surface area contributed by atoms with Crippen molar-refractivity contribution in [2.24, 2.45) is 0 Å². The van der Waals surface area contributed by atoms with E-state index in [0.717, 1.165) is 22.9 Å². The summed E-state index contributed by atoms with van der Waals surface area (Å²) >= 11 is 1.95. The van der Waals surface area contributed by atoms with Gasteiger partial charge in [-0.2, -0.15) is 0 Å². The first-order valence-electron chi connectivity index (χ1n) is 10.8. The van der Waals surface area contributed by atoms with Gasteiger partial charge in [-0.15, -0.1) is 11.8 Å². The molecule has 0 atom stereocenters. The van der Waals surface area contributed by atoms with Crippen molar-refractivity contribution >= 4 is 29.5 Å². The fourth-order valence-corrected chi connectivity index (χ4v) is 7.76. The predicted molar refractivity (Wildman–Crippen MR) is 139 cm³/mol. The van der Waals surface area contributed by atoms with Crippen molar-refractivity contribution in [3.05, 3.63) is 96.6 Å². The van der Waals surface area contributed by atoms with Crippen LogP contribution < -0.4 is 15.9 Å². The number of benzene rings is 3. The van der Waals surface area contributed by atoms with E-state index in [9.17, 15) is 4.57 Å². The Morgan fingerprint density at radius 2 is 1.19 bits per heavy atom. The maximum Gasteiger partial charge on any atom is 0.145 e. The standard InChI is InChI=1S/C27H34NOPS/c1-26(2,28-21-27(3,4)31-20-23-14-8-5-9-15-23)22-30(29,24-16-10-6-11-17-24)25-18-12-7-13-19-25/h5-19,28H,20-22H2,1-4H3. The third-order valence-corrected chi connectivity index (χ3v) is 10.3. The molecule has 164 valence electrons. The molecule has 0 aromatic heterocycles. The van der Waals surface area contributed by atoms with Gasteiger partial charge >= 0.3 is 0 Å². The number of rotatable bonds is 10. The minimum atomic E-state index is -2.76. The number of nitrogens with one attached hydrogen (secondary N) is 1. The van der Waals surface area contributed by atoms with Gasteiger partial charge in [0.2, 0.25) is 0 Å². The van der Waals surface area contributed by atoms with Crippen LogP contribution in [0, 0.1) is 0 Å². The molecule has 3 aromatic carbocycles. The summed E-state index contributed by atoms with van der Waals surface area (Å²) in [7, 11) is -2.76. The Morgan fingerprint density at radius 1 is 0.742 bits per heavy atom. The second kappa shape index (κ2) is 10.2. The highest BCUT2D eigenvalue weighted by Crippen LogP contribution is 2.46. The second-order valence-corrected chi connectivity index (χ2v) is 13.9. The molecule has 0 aliphatic heterocycles. The van der Waals surface area contributed by atoms with Crippen molar-refractivity contribution in [2.75, 3.05) is 12.7 Å². The Balaban J connectivity index is 1.71. The molecule has 1 N–H and O–H groups in total. The van der Waals surface area contributed by atoms with Gasteiger partial charge in [0.05, 0.1) is 0 Å². The number of hydrogen-bond acceptors (Lipinski definition) is 3. The summed E-state index contributed by atoms with van der Waals surface area (Å²) in [4.78, 5) is 0. The summed E-state index contributed by atoms with van der Waals surface area (Å²) in [6.45, 7) is 9.74. The van der Waals surface area contributed by atoms with E-state index in [1.165, 1.54) is 5.56 Å². The van der Waals surface area contributed by atoms with E-state index >= 15 is 0 Å². The van der Waals surface area contributed by atoms with Crippen LogP contribution in [0.25, 0.3) is 0 Å². The predicted octanol–water partition coefficient (Wildman–Crippen LogP) is 6.08. The molecule has 0 aliphatic carbocycles. The molecule has 0 bridgehead atoms. The summed E-state index contributed by atoms with van der Waals surface area (Å²) in [5, 5.41) is 5.59. The van der Waals surface area contributed by atoms with Crippen LogP contribution in [0.3, 0.4) is 0 Å². The lowest BCUT2D eigenvalue weighted by atomic mass is 10.1. The minimum Gasteiger partial charge on any atom is -0.314 e. The van der Waals surface area contributed by atoms with Crippen LogP contribution >= 0.6 is 18.9 Å². The van der Waals surface area contributed by atoms with Gasteiger partial charge in [0.1, 0.15) is 7.14 Å². The zero-order valence-electron chi connectivity index (χ0n) is 19.0. The van der Waals surface area contributed by atoms with Crippen molar-refractivity contribution in [1.82, 2.24) is 5.32 Å². The first kappa shape index (κ1) is 23.9. The van der Waals surface area contributed by atoms with Gasteiger partial charge in [-0.3, -0.25) is 0 Å². The lowest BCUT2D eigenvalue weighted by molar-refractivity contribution is 0.406. The summed E-state index contributed by atoms with van der Waals surface area (Å²) in [5.41, 5.74) is 1.07. The molecular formula is C27H34NOPS. The highest BCUT2D eigenvalue weighted by atomic mass is 32.2. The Hall–Kier alpha value is -1.80. The van der Waals surface area contributed by atoms with Crippen molar-refractivity contribution in [3.63, 3.8) is 0 Å². The van der Waals surface area contributed by atoms with Crippen LogP contribution in [-0.2, 0) is 10.3 Å². The number of thioether (sulfide) groups is 1. The monoisotopic (exact) mass is 451 g/mol. The van der Waals surface area contributed by atoms with Crippen LogP contribution in [0.5, 0.6) is 0 Å². The van der Waals surface area contributed by atoms with E-state index in [2.05, 4.69) is 63.3 Å². The maximum atomic E-state index is 14.4. The molecule has 31 heavy (non-hydrogen) atoms. The normalized spacial score (nSPS) is 12.6. The Morgan fingerprint density at radius 3 is 1.68 bits per heavy atom. The molecule has 3 rings (SSSR count). The topological polar surface area (TPSA) is 29.1 Å². The zero-order valence-corrected chi connectivity index (χ0v) is 20.8. The molecule has 0 saturated heterocycles. The summed E-state index contributed by atoms with van der Waals surface area (Å²) in [6.07, 6.45) is 0.577. The molecule has 0 unspecified atom stereocenters. The first-order chi connectivity index (χ1) is 14.7. The Labute approximate surface area is 192 Å². The smallest absolute Gasteiger partial charge is 0.145 e. The van der Waals surface area contributed by atoms with Gasteiger partial charge in [0.25, 0.3) is 0 Å². The van der Waals surface area contributed by atoms with Crippen molar-refractivity contribution in [2.45, 2.75) is 43.7 Å². The van der Waals surface area contributed by atoms with Crippen LogP contribution in [0.15, 0.2) is 91.0 Å². The van der Waals surface area contributed by atoms with Gasteiger partial charge in [0.15, 0.2) is 0 Å². The van der Waals surface area contributed by atoms with Crippen LogP contribution in [0.1, 0.15) is 33.3 Å².